The average molecular weight is 228 g/mol. The van der Waals surface area contributed by atoms with E-state index >= 15 is 0 Å². The summed E-state index contributed by atoms with van der Waals surface area (Å²) in [6.45, 7) is 3.07. The van der Waals surface area contributed by atoms with E-state index in [1.165, 1.54) is 0 Å². The Morgan fingerprint density at radius 2 is 2.25 bits per heavy atom. The Labute approximate surface area is 96.8 Å². The van der Waals surface area contributed by atoms with E-state index in [9.17, 15) is 0 Å². The summed E-state index contributed by atoms with van der Waals surface area (Å²) >= 11 is 0. The lowest BCUT2D eigenvalue weighted by atomic mass is 10.1. The molecule has 1 aliphatic rings. The lowest BCUT2D eigenvalue weighted by Gasteiger charge is -2.22. The van der Waals surface area contributed by atoms with Crippen LogP contribution in [-0.4, -0.2) is 39.8 Å². The quantitative estimate of drug-likeness (QED) is 0.623. The lowest BCUT2D eigenvalue weighted by Crippen LogP contribution is -2.27. The first-order chi connectivity index (χ1) is 7.80. The zero-order valence-electron chi connectivity index (χ0n) is 10.1. The number of rotatable bonds is 7. The summed E-state index contributed by atoms with van der Waals surface area (Å²) < 4.78 is 21.2. The van der Waals surface area contributed by atoms with E-state index in [2.05, 4.69) is 0 Å². The number of hydrogen-bond donors (Lipinski definition) is 0. The predicted octanol–water partition coefficient (Wildman–Crippen LogP) is 1.87. The summed E-state index contributed by atoms with van der Waals surface area (Å²) in [7, 11) is 3.27. The van der Waals surface area contributed by atoms with Gasteiger partial charge in [-0.1, -0.05) is 6.08 Å². The molecule has 0 saturated carbocycles. The van der Waals surface area contributed by atoms with Crippen molar-refractivity contribution in [3.63, 3.8) is 0 Å². The molecule has 0 saturated heterocycles. The molecule has 4 heteroatoms. The van der Waals surface area contributed by atoms with E-state index in [-0.39, 0.29) is 12.4 Å². The van der Waals surface area contributed by atoms with E-state index in [4.69, 9.17) is 18.9 Å². The molecule has 2 atom stereocenters. The minimum Gasteiger partial charge on any atom is -0.497 e. The molecule has 1 aliphatic carbocycles. The van der Waals surface area contributed by atoms with Crippen molar-refractivity contribution in [3.8, 4) is 0 Å². The van der Waals surface area contributed by atoms with Gasteiger partial charge in [-0.15, -0.1) is 0 Å². The molecule has 0 fully saturated rings. The van der Waals surface area contributed by atoms with Crippen LogP contribution in [0.1, 0.15) is 13.3 Å². The molecular formula is C12H20O4. The van der Waals surface area contributed by atoms with Crippen LogP contribution < -0.4 is 0 Å². The van der Waals surface area contributed by atoms with Crippen LogP contribution in [-0.2, 0) is 18.9 Å². The molecule has 0 bridgehead atoms. The Morgan fingerprint density at radius 1 is 1.44 bits per heavy atom. The van der Waals surface area contributed by atoms with E-state index in [0.29, 0.717) is 13.2 Å². The van der Waals surface area contributed by atoms with E-state index in [1.54, 1.807) is 14.2 Å². The van der Waals surface area contributed by atoms with Crippen molar-refractivity contribution in [3.05, 3.63) is 24.0 Å². The monoisotopic (exact) mass is 228 g/mol. The summed E-state index contributed by atoms with van der Waals surface area (Å²) in [5.74, 6) is 0.874. The molecule has 4 nitrogen and oxygen atoms in total. The van der Waals surface area contributed by atoms with Gasteiger partial charge < -0.3 is 18.9 Å². The van der Waals surface area contributed by atoms with Gasteiger partial charge in [0, 0.05) is 13.7 Å². The molecule has 0 spiro atoms. The van der Waals surface area contributed by atoms with Crippen LogP contribution in [0.4, 0.5) is 0 Å². The van der Waals surface area contributed by atoms with Crippen molar-refractivity contribution in [1.29, 1.82) is 0 Å². The molecule has 0 aromatic rings. The van der Waals surface area contributed by atoms with Crippen molar-refractivity contribution in [1.82, 2.24) is 0 Å². The molecule has 92 valence electrons. The van der Waals surface area contributed by atoms with Crippen LogP contribution in [0.3, 0.4) is 0 Å². The molecule has 0 radical (unpaired) electrons. The van der Waals surface area contributed by atoms with Crippen molar-refractivity contribution in [2.45, 2.75) is 25.7 Å². The van der Waals surface area contributed by atoms with E-state index in [1.807, 2.05) is 25.2 Å². The van der Waals surface area contributed by atoms with Gasteiger partial charge in [-0.05, 0) is 25.5 Å². The van der Waals surface area contributed by atoms with Gasteiger partial charge in [-0.3, -0.25) is 0 Å². The molecule has 0 aromatic heterocycles. The number of allylic oxidation sites excluding steroid dienone is 1. The second-order valence-electron chi connectivity index (χ2n) is 3.40. The van der Waals surface area contributed by atoms with Gasteiger partial charge in [-0.2, -0.15) is 0 Å². The molecule has 0 aromatic carbocycles. The Bertz CT molecular complexity index is 247. The van der Waals surface area contributed by atoms with E-state index in [0.717, 1.165) is 12.2 Å². The number of ether oxygens (including phenoxy) is 4. The minimum atomic E-state index is -0.313. The standard InChI is InChI=1S/C12H20O4/c1-4-15-9-12(14-3)16-11-7-5-10(13-2)6-8-11/h5-7,11-12H,4,8-9H2,1-3H3/t11?,12-/m0/s1. The highest BCUT2D eigenvalue weighted by molar-refractivity contribution is 5.18. The SMILES string of the molecule is CCOC[C@@H](OC)OC1C=CC(OC)=CC1. The first-order valence-electron chi connectivity index (χ1n) is 5.48. The molecule has 0 heterocycles. The second-order valence-corrected chi connectivity index (χ2v) is 3.40. The van der Waals surface area contributed by atoms with Crippen molar-refractivity contribution in [2.24, 2.45) is 0 Å². The van der Waals surface area contributed by atoms with Crippen molar-refractivity contribution in [2.75, 3.05) is 27.4 Å². The summed E-state index contributed by atoms with van der Waals surface area (Å²) in [5, 5.41) is 0. The van der Waals surface area contributed by atoms with Gasteiger partial charge in [0.2, 0.25) is 0 Å². The van der Waals surface area contributed by atoms with Gasteiger partial charge in [0.05, 0.1) is 19.8 Å². The summed E-state index contributed by atoms with van der Waals surface area (Å²) in [6, 6.07) is 0. The maximum atomic E-state index is 5.70. The van der Waals surface area contributed by atoms with Crippen LogP contribution in [0.2, 0.25) is 0 Å². The first-order valence-corrected chi connectivity index (χ1v) is 5.48. The van der Waals surface area contributed by atoms with Gasteiger partial charge in [0.25, 0.3) is 0 Å². The smallest absolute Gasteiger partial charge is 0.181 e. The molecule has 0 amide bonds. The Hall–Kier alpha value is -0.840. The Balaban J connectivity index is 2.32. The molecule has 1 unspecified atom stereocenters. The fourth-order valence-corrected chi connectivity index (χ4v) is 1.41. The van der Waals surface area contributed by atoms with Crippen LogP contribution >= 0.6 is 0 Å². The van der Waals surface area contributed by atoms with Gasteiger partial charge in [0.1, 0.15) is 5.76 Å². The Kier molecular flexibility index (Phi) is 6.15. The fraction of sp³-hybridized carbons (Fsp3) is 0.667. The molecule has 0 aliphatic heterocycles. The molecular weight excluding hydrogens is 208 g/mol. The van der Waals surface area contributed by atoms with E-state index < -0.39 is 0 Å². The van der Waals surface area contributed by atoms with Crippen LogP contribution in [0.25, 0.3) is 0 Å². The largest absolute Gasteiger partial charge is 0.497 e. The summed E-state index contributed by atoms with van der Waals surface area (Å²) in [4.78, 5) is 0. The fourth-order valence-electron chi connectivity index (χ4n) is 1.41. The van der Waals surface area contributed by atoms with Crippen LogP contribution in [0, 0.1) is 0 Å². The average Bonchev–Trinajstić information content (AvgIpc) is 2.35. The summed E-state index contributed by atoms with van der Waals surface area (Å²) in [6.07, 6.45) is 6.39. The third kappa shape index (κ3) is 4.35. The normalized spacial score (nSPS) is 21.7. The minimum absolute atomic E-state index is 0.0318. The topological polar surface area (TPSA) is 36.9 Å². The predicted molar refractivity (Wildman–Crippen MR) is 61.0 cm³/mol. The zero-order chi connectivity index (χ0) is 11.8. The third-order valence-corrected chi connectivity index (χ3v) is 2.31. The number of methoxy groups -OCH3 is 2. The number of hydrogen-bond acceptors (Lipinski definition) is 4. The molecule has 16 heavy (non-hydrogen) atoms. The van der Waals surface area contributed by atoms with Crippen LogP contribution in [0.5, 0.6) is 0 Å². The first kappa shape index (κ1) is 13.2. The van der Waals surface area contributed by atoms with Gasteiger partial charge >= 0.3 is 0 Å². The molecule has 1 rings (SSSR count). The van der Waals surface area contributed by atoms with Gasteiger partial charge in [-0.25, -0.2) is 0 Å². The lowest BCUT2D eigenvalue weighted by molar-refractivity contribution is -0.171. The highest BCUT2D eigenvalue weighted by Gasteiger charge is 2.15. The summed E-state index contributed by atoms with van der Waals surface area (Å²) in [5.41, 5.74) is 0. The third-order valence-electron chi connectivity index (χ3n) is 2.31. The Morgan fingerprint density at radius 3 is 2.75 bits per heavy atom. The molecule has 0 N–H and O–H groups in total. The highest BCUT2D eigenvalue weighted by Crippen LogP contribution is 2.15. The second kappa shape index (κ2) is 7.44. The maximum absolute atomic E-state index is 5.70. The maximum Gasteiger partial charge on any atom is 0.181 e. The van der Waals surface area contributed by atoms with Crippen molar-refractivity contribution >= 4 is 0 Å². The highest BCUT2D eigenvalue weighted by atomic mass is 16.7. The van der Waals surface area contributed by atoms with Crippen molar-refractivity contribution < 1.29 is 18.9 Å². The van der Waals surface area contributed by atoms with Gasteiger partial charge in [0.15, 0.2) is 6.29 Å². The van der Waals surface area contributed by atoms with Crippen LogP contribution in [0.15, 0.2) is 24.0 Å². The zero-order valence-corrected chi connectivity index (χ0v) is 10.1.